The average molecular weight is 426 g/mol. The fraction of sp³-hybridized carbons (Fsp3) is 0.333. The molecule has 0 unspecified atom stereocenters. The highest BCUT2D eigenvalue weighted by atomic mass is 35.5. The van der Waals surface area contributed by atoms with Crippen molar-refractivity contribution < 1.29 is 9.59 Å². The number of carbonyl (C=O) groups is 2. The Kier molecular flexibility index (Phi) is 5.84. The maximum Gasteiger partial charge on any atom is 0.268 e. The van der Waals surface area contributed by atoms with Crippen molar-refractivity contribution in [2.75, 3.05) is 0 Å². The molecule has 0 atom stereocenters. The van der Waals surface area contributed by atoms with E-state index in [1.807, 2.05) is 38.1 Å². The van der Waals surface area contributed by atoms with Crippen molar-refractivity contribution in [2.45, 2.75) is 56.9 Å². The van der Waals surface area contributed by atoms with Crippen LogP contribution in [0.2, 0.25) is 5.02 Å². The van der Waals surface area contributed by atoms with Gasteiger partial charge in [-0.2, -0.15) is 0 Å². The Morgan fingerprint density at radius 2 is 1.62 bits per heavy atom. The molecular formula is C24H24ClNO2S. The van der Waals surface area contributed by atoms with Gasteiger partial charge < -0.3 is 0 Å². The summed E-state index contributed by atoms with van der Waals surface area (Å²) in [5, 5.41) is 0.649. The largest absolute Gasteiger partial charge is 0.271 e. The van der Waals surface area contributed by atoms with Crippen molar-refractivity contribution in [3.8, 4) is 0 Å². The molecule has 1 fully saturated rings. The van der Waals surface area contributed by atoms with Crippen molar-refractivity contribution in [2.24, 2.45) is 0 Å². The van der Waals surface area contributed by atoms with Crippen molar-refractivity contribution in [1.82, 2.24) is 4.90 Å². The predicted octanol–water partition coefficient (Wildman–Crippen LogP) is 6.16. The molecule has 2 amide bonds. The molecule has 2 aromatic carbocycles. The molecule has 1 heterocycles. The standard InChI is InChI=1S/C24H24ClNO2S/c1-15-8-13-20(16(2)14-15)21-22(29-19-11-9-17(25)10-12-19)24(28)26(23(21)27)18-6-4-3-5-7-18/h8-14,18H,3-7H2,1-2H3. The van der Waals surface area contributed by atoms with E-state index in [0.717, 1.165) is 47.3 Å². The number of carbonyl (C=O) groups excluding carboxylic acids is 2. The minimum Gasteiger partial charge on any atom is -0.271 e. The van der Waals surface area contributed by atoms with Crippen LogP contribution >= 0.6 is 23.4 Å². The minimum atomic E-state index is -0.156. The number of hydrogen-bond donors (Lipinski definition) is 0. The van der Waals surface area contributed by atoms with Crippen LogP contribution in [-0.2, 0) is 9.59 Å². The fourth-order valence-electron chi connectivity index (χ4n) is 4.24. The van der Waals surface area contributed by atoms with Gasteiger partial charge in [-0.1, -0.05) is 66.4 Å². The van der Waals surface area contributed by atoms with Crippen LogP contribution in [0.25, 0.3) is 5.57 Å². The number of thioether (sulfide) groups is 1. The van der Waals surface area contributed by atoms with Crippen LogP contribution in [-0.4, -0.2) is 22.8 Å². The normalized spacial score (nSPS) is 18.1. The number of rotatable bonds is 4. The number of amides is 2. The van der Waals surface area contributed by atoms with E-state index in [2.05, 4.69) is 6.07 Å². The molecule has 1 aliphatic heterocycles. The highest BCUT2D eigenvalue weighted by Gasteiger charge is 2.43. The molecule has 2 aliphatic rings. The lowest BCUT2D eigenvalue weighted by atomic mass is 9.94. The van der Waals surface area contributed by atoms with Crippen LogP contribution in [0, 0.1) is 13.8 Å². The van der Waals surface area contributed by atoms with E-state index in [4.69, 9.17) is 11.6 Å². The zero-order valence-electron chi connectivity index (χ0n) is 16.7. The monoisotopic (exact) mass is 425 g/mol. The van der Waals surface area contributed by atoms with Crippen molar-refractivity contribution in [3.05, 3.63) is 69.1 Å². The molecule has 4 rings (SSSR count). The molecular weight excluding hydrogens is 402 g/mol. The number of imide groups is 1. The average Bonchev–Trinajstić information content (AvgIpc) is 2.94. The third-order valence-electron chi connectivity index (χ3n) is 5.70. The predicted molar refractivity (Wildman–Crippen MR) is 119 cm³/mol. The first-order valence-electron chi connectivity index (χ1n) is 10.1. The number of benzene rings is 2. The first-order chi connectivity index (χ1) is 14.0. The van der Waals surface area contributed by atoms with Crippen LogP contribution in [0.4, 0.5) is 0 Å². The molecule has 29 heavy (non-hydrogen) atoms. The highest BCUT2D eigenvalue weighted by Crippen LogP contribution is 2.43. The van der Waals surface area contributed by atoms with Gasteiger partial charge in [0.15, 0.2) is 0 Å². The molecule has 0 spiro atoms. The summed E-state index contributed by atoms with van der Waals surface area (Å²) in [6.07, 6.45) is 5.12. The van der Waals surface area contributed by atoms with Crippen LogP contribution < -0.4 is 0 Å². The Balaban J connectivity index is 1.78. The Bertz CT molecular complexity index is 990. The van der Waals surface area contributed by atoms with Gasteiger partial charge in [-0.3, -0.25) is 14.5 Å². The fourth-order valence-corrected chi connectivity index (χ4v) is 5.36. The molecule has 3 nitrogen and oxygen atoms in total. The SMILES string of the molecule is Cc1ccc(C2=C(Sc3ccc(Cl)cc3)C(=O)N(C3CCCCC3)C2=O)c(C)c1. The number of aryl methyl sites for hydroxylation is 2. The first kappa shape index (κ1) is 20.2. The second-order valence-corrected chi connectivity index (χ2v) is 9.37. The van der Waals surface area contributed by atoms with Crippen LogP contribution in [0.5, 0.6) is 0 Å². The van der Waals surface area contributed by atoms with E-state index in [1.54, 1.807) is 12.1 Å². The number of halogens is 1. The third kappa shape index (κ3) is 4.01. The summed E-state index contributed by atoms with van der Waals surface area (Å²) in [4.78, 5) is 29.9. The Morgan fingerprint density at radius 3 is 2.28 bits per heavy atom. The van der Waals surface area contributed by atoms with E-state index in [1.165, 1.54) is 23.1 Å². The van der Waals surface area contributed by atoms with Gasteiger partial charge in [-0.25, -0.2) is 0 Å². The van der Waals surface area contributed by atoms with E-state index in [9.17, 15) is 9.59 Å². The van der Waals surface area contributed by atoms with Crippen LogP contribution in [0.1, 0.15) is 48.8 Å². The molecule has 0 saturated heterocycles. The van der Waals surface area contributed by atoms with Crippen molar-refractivity contribution in [3.63, 3.8) is 0 Å². The summed E-state index contributed by atoms with van der Waals surface area (Å²) in [7, 11) is 0. The lowest BCUT2D eigenvalue weighted by Crippen LogP contribution is -2.42. The Hall–Kier alpha value is -2.04. The topological polar surface area (TPSA) is 37.4 Å². The van der Waals surface area contributed by atoms with E-state index >= 15 is 0 Å². The summed E-state index contributed by atoms with van der Waals surface area (Å²) in [6.45, 7) is 4.03. The second-order valence-electron chi connectivity index (χ2n) is 7.85. The molecule has 0 N–H and O–H groups in total. The van der Waals surface area contributed by atoms with Gasteiger partial charge in [-0.05, 0) is 62.1 Å². The van der Waals surface area contributed by atoms with Crippen molar-refractivity contribution in [1.29, 1.82) is 0 Å². The van der Waals surface area contributed by atoms with E-state index in [-0.39, 0.29) is 17.9 Å². The summed E-state index contributed by atoms with van der Waals surface area (Å²) < 4.78 is 0. The summed E-state index contributed by atoms with van der Waals surface area (Å²) in [5.74, 6) is -0.304. The Labute approximate surface area is 181 Å². The lowest BCUT2D eigenvalue weighted by molar-refractivity contribution is -0.139. The van der Waals surface area contributed by atoms with Gasteiger partial charge in [0, 0.05) is 16.0 Å². The molecule has 150 valence electrons. The molecule has 1 aliphatic carbocycles. The summed E-state index contributed by atoms with van der Waals surface area (Å²) in [5.41, 5.74) is 3.54. The zero-order chi connectivity index (χ0) is 20.5. The van der Waals surface area contributed by atoms with E-state index in [0.29, 0.717) is 15.5 Å². The van der Waals surface area contributed by atoms with Gasteiger partial charge in [0.25, 0.3) is 11.8 Å². The third-order valence-corrected chi connectivity index (χ3v) is 7.04. The molecule has 5 heteroatoms. The molecule has 0 aromatic heterocycles. The minimum absolute atomic E-state index is 0.00724. The highest BCUT2D eigenvalue weighted by molar-refractivity contribution is 8.04. The maximum atomic E-state index is 13.5. The number of nitrogens with zero attached hydrogens (tertiary/aromatic N) is 1. The summed E-state index contributed by atoms with van der Waals surface area (Å²) >= 11 is 7.38. The Morgan fingerprint density at radius 1 is 0.931 bits per heavy atom. The van der Waals surface area contributed by atoms with Crippen LogP contribution in [0.3, 0.4) is 0 Å². The first-order valence-corrected chi connectivity index (χ1v) is 11.3. The molecule has 2 aromatic rings. The van der Waals surface area contributed by atoms with Gasteiger partial charge >= 0.3 is 0 Å². The van der Waals surface area contributed by atoms with Gasteiger partial charge in [-0.15, -0.1) is 0 Å². The van der Waals surface area contributed by atoms with E-state index < -0.39 is 0 Å². The smallest absolute Gasteiger partial charge is 0.268 e. The molecule has 1 saturated carbocycles. The second kappa shape index (κ2) is 8.37. The maximum absolute atomic E-state index is 13.5. The number of hydrogen-bond acceptors (Lipinski definition) is 3. The van der Waals surface area contributed by atoms with Gasteiger partial charge in [0.2, 0.25) is 0 Å². The summed E-state index contributed by atoms with van der Waals surface area (Å²) in [6, 6.07) is 13.4. The zero-order valence-corrected chi connectivity index (χ0v) is 18.3. The van der Waals surface area contributed by atoms with Gasteiger partial charge in [0.1, 0.15) is 0 Å². The quantitative estimate of drug-likeness (QED) is 0.550. The van der Waals surface area contributed by atoms with Crippen molar-refractivity contribution >= 4 is 40.8 Å². The lowest BCUT2D eigenvalue weighted by Gasteiger charge is -2.30. The van der Waals surface area contributed by atoms with Crippen LogP contribution in [0.15, 0.2) is 52.3 Å². The van der Waals surface area contributed by atoms with Gasteiger partial charge in [0.05, 0.1) is 10.5 Å². The molecule has 0 radical (unpaired) electrons. The molecule has 0 bridgehead atoms.